The zero-order valence-electron chi connectivity index (χ0n) is 9.97. The molecule has 6 heteroatoms. The summed E-state index contributed by atoms with van der Waals surface area (Å²) in [7, 11) is 0. The number of hydrogen-bond acceptors (Lipinski definition) is 5. The summed E-state index contributed by atoms with van der Waals surface area (Å²) in [5, 5.41) is 8.86. The maximum atomic E-state index is 11.1. The first-order chi connectivity index (χ1) is 8.74. The number of hydrogen-bond donors (Lipinski definition) is 1. The highest BCUT2D eigenvalue weighted by Gasteiger charge is 2.25. The lowest BCUT2D eigenvalue weighted by Crippen LogP contribution is -2.33. The first kappa shape index (κ1) is 11.4. The summed E-state index contributed by atoms with van der Waals surface area (Å²) < 4.78 is 5.31. The van der Waals surface area contributed by atoms with E-state index in [0.29, 0.717) is 24.7 Å². The smallest absolute Gasteiger partial charge is 0.231 e. The Balaban J connectivity index is 1.82. The fourth-order valence-electron chi connectivity index (χ4n) is 2.04. The van der Waals surface area contributed by atoms with Crippen molar-refractivity contribution in [2.24, 2.45) is 0 Å². The van der Waals surface area contributed by atoms with Crippen LogP contribution in [0, 0.1) is 6.92 Å². The number of thiophene rings is 1. The number of aromatic nitrogens is 2. The lowest BCUT2D eigenvalue weighted by Gasteiger charge is -2.18. The van der Waals surface area contributed by atoms with Gasteiger partial charge in [-0.1, -0.05) is 5.16 Å². The molecule has 2 aromatic heterocycles. The molecule has 2 aromatic rings. The van der Waals surface area contributed by atoms with Crippen molar-refractivity contribution in [1.29, 1.82) is 0 Å². The van der Waals surface area contributed by atoms with Gasteiger partial charge in [0.2, 0.25) is 17.6 Å². The number of rotatable bonds is 2. The molecule has 5 nitrogen and oxygen atoms in total. The SMILES string of the molecule is Cc1ccsc1-c1noc([C@H]2CCC(=O)NC2)n1. The van der Waals surface area contributed by atoms with Gasteiger partial charge < -0.3 is 9.84 Å². The minimum absolute atomic E-state index is 0.0973. The third kappa shape index (κ3) is 2.03. The van der Waals surface area contributed by atoms with Crippen LogP contribution in [-0.4, -0.2) is 22.6 Å². The molecule has 1 aliphatic rings. The predicted octanol–water partition coefficient (Wildman–Crippen LogP) is 2.10. The van der Waals surface area contributed by atoms with E-state index in [0.717, 1.165) is 16.9 Å². The second kappa shape index (κ2) is 4.53. The Morgan fingerprint density at radius 2 is 2.44 bits per heavy atom. The van der Waals surface area contributed by atoms with Crippen LogP contribution in [0.2, 0.25) is 0 Å². The maximum Gasteiger partial charge on any atom is 0.231 e. The molecular formula is C12H13N3O2S. The van der Waals surface area contributed by atoms with E-state index in [4.69, 9.17) is 4.52 Å². The van der Waals surface area contributed by atoms with Gasteiger partial charge in [-0.15, -0.1) is 11.3 Å². The van der Waals surface area contributed by atoms with E-state index in [1.54, 1.807) is 11.3 Å². The second-order valence-electron chi connectivity index (χ2n) is 4.43. The van der Waals surface area contributed by atoms with Gasteiger partial charge in [0.05, 0.1) is 10.8 Å². The van der Waals surface area contributed by atoms with Gasteiger partial charge in [0.15, 0.2) is 0 Å². The van der Waals surface area contributed by atoms with Crippen LogP contribution in [0.4, 0.5) is 0 Å². The Labute approximate surface area is 108 Å². The molecule has 0 aromatic carbocycles. The van der Waals surface area contributed by atoms with Crippen LogP contribution < -0.4 is 5.32 Å². The summed E-state index contributed by atoms with van der Waals surface area (Å²) in [6.45, 7) is 2.62. The van der Waals surface area contributed by atoms with Crippen LogP contribution in [0.5, 0.6) is 0 Å². The van der Waals surface area contributed by atoms with Crippen LogP contribution in [-0.2, 0) is 4.79 Å². The minimum Gasteiger partial charge on any atom is -0.355 e. The highest BCUT2D eigenvalue weighted by Crippen LogP contribution is 2.29. The molecule has 0 unspecified atom stereocenters. The Bertz CT molecular complexity index is 565. The lowest BCUT2D eigenvalue weighted by atomic mass is 9.99. The van der Waals surface area contributed by atoms with E-state index >= 15 is 0 Å². The van der Waals surface area contributed by atoms with E-state index in [1.807, 2.05) is 18.4 Å². The minimum atomic E-state index is 0.0973. The van der Waals surface area contributed by atoms with E-state index in [2.05, 4.69) is 15.5 Å². The highest BCUT2D eigenvalue weighted by atomic mass is 32.1. The Hall–Kier alpha value is -1.69. The molecule has 0 aliphatic carbocycles. The molecule has 1 amide bonds. The summed E-state index contributed by atoms with van der Waals surface area (Å²) >= 11 is 1.61. The zero-order valence-corrected chi connectivity index (χ0v) is 10.8. The van der Waals surface area contributed by atoms with E-state index in [1.165, 1.54) is 0 Å². The predicted molar refractivity (Wildman–Crippen MR) is 67.3 cm³/mol. The molecule has 0 spiro atoms. The quantitative estimate of drug-likeness (QED) is 0.901. The number of carbonyl (C=O) groups excluding carboxylic acids is 1. The Morgan fingerprint density at radius 1 is 1.56 bits per heavy atom. The van der Waals surface area contributed by atoms with E-state index in [9.17, 15) is 4.79 Å². The molecule has 1 fully saturated rings. The van der Waals surface area contributed by atoms with Crippen molar-refractivity contribution in [3.8, 4) is 10.7 Å². The van der Waals surface area contributed by atoms with Crippen molar-refractivity contribution in [3.05, 3.63) is 22.9 Å². The summed E-state index contributed by atoms with van der Waals surface area (Å²) in [6.07, 6.45) is 1.30. The number of nitrogens with one attached hydrogen (secondary N) is 1. The first-order valence-electron chi connectivity index (χ1n) is 5.89. The standard InChI is InChI=1S/C12H13N3O2S/c1-7-4-5-18-10(7)11-14-12(17-15-11)8-2-3-9(16)13-6-8/h4-5,8H,2-3,6H2,1H3,(H,13,16)/t8-/m0/s1. The molecule has 1 aliphatic heterocycles. The first-order valence-corrected chi connectivity index (χ1v) is 6.77. The largest absolute Gasteiger partial charge is 0.355 e. The van der Waals surface area contributed by atoms with Gasteiger partial charge in [-0.2, -0.15) is 4.98 Å². The summed E-state index contributed by atoms with van der Waals surface area (Å²) in [4.78, 5) is 16.6. The molecule has 1 saturated heterocycles. The summed E-state index contributed by atoms with van der Waals surface area (Å²) in [5.74, 6) is 1.51. The number of amides is 1. The number of carbonyl (C=O) groups is 1. The fraction of sp³-hybridized carbons (Fsp3) is 0.417. The van der Waals surface area contributed by atoms with Crippen molar-refractivity contribution in [3.63, 3.8) is 0 Å². The molecule has 1 atom stereocenters. The monoisotopic (exact) mass is 263 g/mol. The highest BCUT2D eigenvalue weighted by molar-refractivity contribution is 7.13. The van der Waals surface area contributed by atoms with Crippen LogP contribution in [0.25, 0.3) is 10.7 Å². The van der Waals surface area contributed by atoms with E-state index < -0.39 is 0 Å². The molecule has 94 valence electrons. The van der Waals surface area contributed by atoms with Gasteiger partial charge in [0.25, 0.3) is 0 Å². The number of nitrogens with zero attached hydrogens (tertiary/aromatic N) is 2. The second-order valence-corrected chi connectivity index (χ2v) is 5.34. The topological polar surface area (TPSA) is 68.0 Å². The van der Waals surface area contributed by atoms with Gasteiger partial charge in [-0.3, -0.25) is 4.79 Å². The molecular weight excluding hydrogens is 250 g/mol. The number of piperidine rings is 1. The average Bonchev–Trinajstić information content (AvgIpc) is 2.98. The van der Waals surface area contributed by atoms with Gasteiger partial charge >= 0.3 is 0 Å². The third-order valence-electron chi connectivity index (χ3n) is 3.12. The van der Waals surface area contributed by atoms with Crippen molar-refractivity contribution in [2.45, 2.75) is 25.7 Å². The zero-order chi connectivity index (χ0) is 12.5. The molecule has 0 radical (unpaired) electrons. The van der Waals surface area contributed by atoms with Gasteiger partial charge in [-0.25, -0.2) is 0 Å². The molecule has 3 rings (SSSR count). The number of aryl methyl sites for hydroxylation is 1. The van der Waals surface area contributed by atoms with Crippen molar-refractivity contribution in [2.75, 3.05) is 6.54 Å². The molecule has 18 heavy (non-hydrogen) atoms. The van der Waals surface area contributed by atoms with Gasteiger partial charge in [0.1, 0.15) is 0 Å². The van der Waals surface area contributed by atoms with Crippen LogP contribution in [0.3, 0.4) is 0 Å². The average molecular weight is 263 g/mol. The van der Waals surface area contributed by atoms with Crippen LogP contribution >= 0.6 is 11.3 Å². The molecule has 1 N–H and O–H groups in total. The Morgan fingerprint density at radius 3 is 3.11 bits per heavy atom. The lowest BCUT2D eigenvalue weighted by molar-refractivity contribution is -0.122. The normalized spacial score (nSPS) is 19.8. The Kier molecular flexibility index (Phi) is 2.87. The van der Waals surface area contributed by atoms with Crippen LogP contribution in [0.1, 0.15) is 30.2 Å². The van der Waals surface area contributed by atoms with E-state index in [-0.39, 0.29) is 11.8 Å². The van der Waals surface area contributed by atoms with Crippen molar-refractivity contribution >= 4 is 17.2 Å². The molecule has 0 saturated carbocycles. The molecule has 0 bridgehead atoms. The summed E-state index contributed by atoms with van der Waals surface area (Å²) in [6, 6.07) is 2.04. The maximum absolute atomic E-state index is 11.1. The fourth-order valence-corrected chi connectivity index (χ4v) is 2.89. The third-order valence-corrected chi connectivity index (χ3v) is 4.13. The molecule has 3 heterocycles. The summed E-state index contributed by atoms with van der Waals surface area (Å²) in [5.41, 5.74) is 1.16. The van der Waals surface area contributed by atoms with Gasteiger partial charge in [-0.05, 0) is 30.4 Å². The van der Waals surface area contributed by atoms with Crippen LogP contribution in [0.15, 0.2) is 16.0 Å². The van der Waals surface area contributed by atoms with Crippen molar-refractivity contribution in [1.82, 2.24) is 15.5 Å². The van der Waals surface area contributed by atoms with Gasteiger partial charge in [0, 0.05) is 13.0 Å². The van der Waals surface area contributed by atoms with Crippen molar-refractivity contribution < 1.29 is 9.32 Å².